The number of nitrogen functional groups attached to an aromatic ring is 1. The third-order valence-corrected chi connectivity index (χ3v) is 6.40. The highest BCUT2D eigenvalue weighted by Gasteiger charge is 2.54. The Hall–Kier alpha value is -2.76. The fraction of sp³-hybridized carbons (Fsp3) is 0.455. The summed E-state index contributed by atoms with van der Waals surface area (Å²) < 4.78 is 5.01. The fourth-order valence-electron chi connectivity index (χ4n) is 4.36. The summed E-state index contributed by atoms with van der Waals surface area (Å²) in [5.41, 5.74) is 10.0. The molecule has 2 unspecified atom stereocenters. The monoisotopic (exact) mass is 378 g/mol. The van der Waals surface area contributed by atoms with Crippen molar-refractivity contribution in [1.29, 1.82) is 5.41 Å². The van der Waals surface area contributed by atoms with Crippen molar-refractivity contribution >= 4 is 11.8 Å². The van der Waals surface area contributed by atoms with E-state index in [9.17, 15) is 4.79 Å². The van der Waals surface area contributed by atoms with E-state index in [1.807, 2.05) is 12.3 Å². The van der Waals surface area contributed by atoms with Gasteiger partial charge >= 0.3 is 5.97 Å². The smallest absolute Gasteiger partial charge is 0.311 e. The van der Waals surface area contributed by atoms with Crippen LogP contribution >= 0.6 is 0 Å². The maximum absolute atomic E-state index is 12.1. The zero-order valence-corrected chi connectivity index (χ0v) is 16.4. The average Bonchev–Trinajstić information content (AvgIpc) is 3.46. The molecule has 2 aliphatic carbocycles. The molecule has 0 aliphatic heterocycles. The van der Waals surface area contributed by atoms with Crippen LogP contribution in [0.15, 0.2) is 30.6 Å². The highest BCUT2D eigenvalue weighted by Crippen LogP contribution is 2.57. The van der Waals surface area contributed by atoms with Gasteiger partial charge in [-0.2, -0.15) is 0 Å². The number of nitrogens with two attached hydrogens (primary N) is 1. The summed E-state index contributed by atoms with van der Waals surface area (Å²) in [6, 6.07) is 5.85. The standard InChI is InChI=1S/C22H26N4O2/c1-13-9-19(16-5-3-14(16)10-22(7-8-22)21(27)28-2)26-12-17(13)15-4-6-18(20(23)24)25-11-15/h4,6,9,11-12,14,16H,3,5,7-8,10H2,1-2H3,(H3,23,24). The molecule has 2 saturated carbocycles. The molecule has 3 N–H and O–H groups in total. The van der Waals surface area contributed by atoms with Crippen LogP contribution in [0.25, 0.3) is 11.1 Å². The number of rotatable bonds is 6. The first-order chi connectivity index (χ1) is 13.4. The van der Waals surface area contributed by atoms with Crippen molar-refractivity contribution in [2.24, 2.45) is 17.1 Å². The largest absolute Gasteiger partial charge is 0.469 e. The van der Waals surface area contributed by atoms with E-state index < -0.39 is 0 Å². The van der Waals surface area contributed by atoms with E-state index in [0.29, 0.717) is 17.5 Å². The van der Waals surface area contributed by atoms with Crippen LogP contribution in [-0.4, -0.2) is 28.9 Å². The van der Waals surface area contributed by atoms with Gasteiger partial charge in [0.25, 0.3) is 0 Å². The molecule has 28 heavy (non-hydrogen) atoms. The van der Waals surface area contributed by atoms with Gasteiger partial charge in [0.05, 0.1) is 12.5 Å². The highest BCUT2D eigenvalue weighted by molar-refractivity contribution is 5.93. The molecule has 0 amide bonds. The predicted octanol–water partition coefficient (Wildman–Crippen LogP) is 3.57. The van der Waals surface area contributed by atoms with Gasteiger partial charge in [-0.3, -0.25) is 20.2 Å². The molecule has 2 fully saturated rings. The number of nitrogens with zero attached hydrogens (tertiary/aromatic N) is 2. The van der Waals surface area contributed by atoms with Gasteiger partial charge in [0.15, 0.2) is 0 Å². The van der Waals surface area contributed by atoms with Gasteiger partial charge in [0.2, 0.25) is 0 Å². The molecule has 2 aliphatic rings. The van der Waals surface area contributed by atoms with Gasteiger partial charge in [-0.05, 0) is 62.6 Å². The topological polar surface area (TPSA) is 102 Å². The molecule has 2 atom stereocenters. The van der Waals surface area contributed by atoms with E-state index in [-0.39, 0.29) is 17.2 Å². The number of pyridine rings is 2. The van der Waals surface area contributed by atoms with Crippen LogP contribution in [0.5, 0.6) is 0 Å². The summed E-state index contributed by atoms with van der Waals surface area (Å²) >= 11 is 0. The van der Waals surface area contributed by atoms with Crippen molar-refractivity contribution in [1.82, 2.24) is 9.97 Å². The molecular weight excluding hydrogens is 352 g/mol. The molecular formula is C22H26N4O2. The molecule has 6 heteroatoms. The zero-order chi connectivity index (χ0) is 19.9. The minimum Gasteiger partial charge on any atom is -0.469 e. The molecule has 0 radical (unpaired) electrons. The Bertz CT molecular complexity index is 919. The summed E-state index contributed by atoms with van der Waals surface area (Å²) in [5.74, 6) is 0.858. The molecule has 0 saturated heterocycles. The SMILES string of the molecule is COC(=O)C1(CC2CCC2c2cc(C)c(-c3ccc(C(=N)N)nc3)cn2)CC1. The number of carbonyl (C=O) groups is 1. The van der Waals surface area contributed by atoms with E-state index >= 15 is 0 Å². The Morgan fingerprint density at radius 1 is 1.29 bits per heavy atom. The number of amidine groups is 1. The number of methoxy groups -OCH3 is 1. The molecule has 6 nitrogen and oxygen atoms in total. The van der Waals surface area contributed by atoms with Crippen molar-refractivity contribution in [3.05, 3.63) is 47.5 Å². The Labute approximate surface area is 165 Å². The van der Waals surface area contributed by atoms with Crippen molar-refractivity contribution < 1.29 is 9.53 Å². The highest BCUT2D eigenvalue weighted by atomic mass is 16.5. The van der Waals surface area contributed by atoms with Crippen LogP contribution in [0, 0.1) is 23.7 Å². The lowest BCUT2D eigenvalue weighted by Gasteiger charge is -2.38. The van der Waals surface area contributed by atoms with Gasteiger partial charge < -0.3 is 10.5 Å². The molecule has 146 valence electrons. The van der Waals surface area contributed by atoms with Crippen LogP contribution in [0.4, 0.5) is 0 Å². The second-order valence-corrected chi connectivity index (χ2v) is 8.19. The summed E-state index contributed by atoms with van der Waals surface area (Å²) in [7, 11) is 1.49. The first-order valence-corrected chi connectivity index (χ1v) is 9.79. The van der Waals surface area contributed by atoms with E-state index in [4.69, 9.17) is 20.9 Å². The van der Waals surface area contributed by atoms with Gasteiger partial charge in [0, 0.05) is 35.1 Å². The molecule has 2 aromatic heterocycles. The lowest BCUT2D eigenvalue weighted by Crippen LogP contribution is -2.30. The van der Waals surface area contributed by atoms with E-state index in [0.717, 1.165) is 54.5 Å². The maximum Gasteiger partial charge on any atom is 0.311 e. The number of aromatic nitrogens is 2. The quantitative estimate of drug-likeness (QED) is 0.454. The number of carbonyl (C=O) groups excluding carboxylic acids is 1. The summed E-state index contributed by atoms with van der Waals surface area (Å²) in [6.45, 7) is 2.09. The minimum absolute atomic E-state index is 0.0341. The molecule has 4 rings (SSSR count). The van der Waals surface area contributed by atoms with Crippen LogP contribution in [0.2, 0.25) is 0 Å². The number of ether oxygens (including phenoxy) is 1. The number of esters is 1. The number of nitrogens with one attached hydrogen (secondary N) is 1. The van der Waals surface area contributed by atoms with Crippen LogP contribution in [-0.2, 0) is 9.53 Å². The first-order valence-electron chi connectivity index (χ1n) is 9.79. The third-order valence-electron chi connectivity index (χ3n) is 6.40. The predicted molar refractivity (Wildman–Crippen MR) is 107 cm³/mol. The van der Waals surface area contributed by atoms with Crippen molar-refractivity contribution in [2.75, 3.05) is 7.11 Å². The molecule has 0 aromatic carbocycles. The second kappa shape index (κ2) is 7.00. The Morgan fingerprint density at radius 2 is 2.07 bits per heavy atom. The van der Waals surface area contributed by atoms with Gasteiger partial charge in [-0.15, -0.1) is 0 Å². The normalized spacial score (nSPS) is 22.2. The lowest BCUT2D eigenvalue weighted by atomic mass is 9.67. The van der Waals surface area contributed by atoms with Gasteiger partial charge in [0.1, 0.15) is 11.5 Å². The number of hydrogen-bond donors (Lipinski definition) is 2. The average molecular weight is 378 g/mol. The molecule has 2 aromatic rings. The Balaban J connectivity index is 1.50. The molecule has 0 bridgehead atoms. The number of hydrogen-bond acceptors (Lipinski definition) is 5. The lowest BCUT2D eigenvalue weighted by molar-refractivity contribution is -0.148. The van der Waals surface area contributed by atoms with Gasteiger partial charge in [-0.1, -0.05) is 6.07 Å². The van der Waals surface area contributed by atoms with Crippen molar-refractivity contribution in [2.45, 2.75) is 44.9 Å². The van der Waals surface area contributed by atoms with E-state index in [1.165, 1.54) is 7.11 Å². The van der Waals surface area contributed by atoms with Crippen molar-refractivity contribution in [3.63, 3.8) is 0 Å². The second-order valence-electron chi connectivity index (χ2n) is 8.19. The van der Waals surface area contributed by atoms with E-state index in [2.05, 4.69) is 18.0 Å². The molecule has 0 spiro atoms. The van der Waals surface area contributed by atoms with Gasteiger partial charge in [-0.25, -0.2) is 0 Å². The van der Waals surface area contributed by atoms with Crippen LogP contribution in [0.1, 0.15) is 55.0 Å². The number of aryl methyl sites for hydroxylation is 1. The van der Waals surface area contributed by atoms with E-state index in [1.54, 1.807) is 12.3 Å². The first kappa shape index (κ1) is 18.6. The van der Waals surface area contributed by atoms with Crippen LogP contribution in [0.3, 0.4) is 0 Å². The third kappa shape index (κ3) is 3.28. The summed E-state index contributed by atoms with van der Waals surface area (Å²) in [4.78, 5) is 21.1. The zero-order valence-electron chi connectivity index (χ0n) is 16.4. The van der Waals surface area contributed by atoms with Crippen LogP contribution < -0.4 is 5.73 Å². The molecule has 2 heterocycles. The Morgan fingerprint density at radius 3 is 2.57 bits per heavy atom. The fourth-order valence-corrected chi connectivity index (χ4v) is 4.36. The summed E-state index contributed by atoms with van der Waals surface area (Å²) in [6.07, 6.45) is 8.76. The Kier molecular flexibility index (Phi) is 4.65. The van der Waals surface area contributed by atoms with Crippen molar-refractivity contribution in [3.8, 4) is 11.1 Å². The summed E-state index contributed by atoms with van der Waals surface area (Å²) in [5, 5.41) is 7.45. The maximum atomic E-state index is 12.1. The minimum atomic E-state index is -0.225.